The van der Waals surface area contributed by atoms with E-state index in [4.69, 9.17) is 9.15 Å². The molecule has 0 aliphatic carbocycles. The highest BCUT2D eigenvalue weighted by Gasteiger charge is 2.07. The van der Waals surface area contributed by atoms with Gasteiger partial charge in [-0.05, 0) is 37.6 Å². The monoisotopic (exact) mass is 204 g/mol. The van der Waals surface area contributed by atoms with Crippen molar-refractivity contribution in [1.29, 1.82) is 0 Å². The first-order valence-electron chi connectivity index (χ1n) is 4.75. The first kappa shape index (κ1) is 9.77. The summed E-state index contributed by atoms with van der Waals surface area (Å²) in [5.41, 5.74) is 1.72. The minimum Gasteiger partial charge on any atom is -0.461 e. The minimum absolute atomic E-state index is 0.308. The number of esters is 1. The molecule has 0 fully saturated rings. The molecular weight excluding hydrogens is 192 g/mol. The van der Waals surface area contributed by atoms with E-state index in [1.54, 1.807) is 0 Å². The summed E-state index contributed by atoms with van der Waals surface area (Å²) in [5, 5.41) is 0.953. The van der Waals surface area contributed by atoms with Gasteiger partial charge in [0.05, 0.1) is 0 Å². The number of rotatable bonds is 1. The number of carbonyl (C=O) groups is 1. The number of hydrogen-bond donors (Lipinski definition) is 0. The van der Waals surface area contributed by atoms with Crippen molar-refractivity contribution >= 4 is 16.9 Å². The molecule has 1 aromatic heterocycles. The number of benzene rings is 1. The average molecular weight is 204 g/mol. The molecule has 0 bridgehead atoms. The molecule has 1 heterocycles. The normalized spacial score (nSPS) is 10.6. The standard InChI is InChI=1S/C12H12O3/c1-7-4-12-10(5-8(2)14-12)6-11(7)15-9(3)13/h4-6H,1-3H3. The van der Waals surface area contributed by atoms with Crippen molar-refractivity contribution in [3.8, 4) is 5.75 Å². The second-order valence-electron chi connectivity index (χ2n) is 3.61. The molecule has 15 heavy (non-hydrogen) atoms. The third-order valence-corrected chi connectivity index (χ3v) is 2.19. The van der Waals surface area contributed by atoms with Crippen LogP contribution in [-0.2, 0) is 4.79 Å². The molecule has 3 nitrogen and oxygen atoms in total. The molecule has 0 amide bonds. The highest BCUT2D eigenvalue weighted by atomic mass is 16.5. The van der Waals surface area contributed by atoms with E-state index in [-0.39, 0.29) is 5.97 Å². The Morgan fingerprint density at radius 3 is 2.67 bits per heavy atom. The van der Waals surface area contributed by atoms with Crippen LogP contribution < -0.4 is 4.74 Å². The quantitative estimate of drug-likeness (QED) is 0.529. The molecular formula is C12H12O3. The van der Waals surface area contributed by atoms with E-state index in [1.165, 1.54) is 6.92 Å². The van der Waals surface area contributed by atoms with E-state index in [0.717, 1.165) is 22.3 Å². The van der Waals surface area contributed by atoms with Crippen molar-refractivity contribution in [3.63, 3.8) is 0 Å². The van der Waals surface area contributed by atoms with Crippen LogP contribution in [0.5, 0.6) is 5.75 Å². The number of ether oxygens (including phenoxy) is 1. The van der Waals surface area contributed by atoms with Gasteiger partial charge in [-0.3, -0.25) is 4.79 Å². The average Bonchev–Trinajstić information content (AvgIpc) is 2.44. The Balaban J connectivity index is 2.55. The van der Waals surface area contributed by atoms with Crippen LogP contribution >= 0.6 is 0 Å². The van der Waals surface area contributed by atoms with Crippen molar-refractivity contribution < 1.29 is 13.9 Å². The summed E-state index contributed by atoms with van der Waals surface area (Å²) >= 11 is 0. The van der Waals surface area contributed by atoms with Gasteiger partial charge >= 0.3 is 5.97 Å². The highest BCUT2D eigenvalue weighted by molar-refractivity contribution is 5.82. The van der Waals surface area contributed by atoms with Gasteiger partial charge in [-0.1, -0.05) is 0 Å². The number of fused-ring (bicyclic) bond motifs is 1. The van der Waals surface area contributed by atoms with E-state index in [2.05, 4.69) is 0 Å². The van der Waals surface area contributed by atoms with Crippen LogP contribution in [0.3, 0.4) is 0 Å². The fourth-order valence-electron chi connectivity index (χ4n) is 1.57. The fraction of sp³-hybridized carbons (Fsp3) is 0.250. The lowest BCUT2D eigenvalue weighted by Gasteiger charge is -2.04. The highest BCUT2D eigenvalue weighted by Crippen LogP contribution is 2.27. The second kappa shape index (κ2) is 3.42. The fourth-order valence-corrected chi connectivity index (χ4v) is 1.57. The smallest absolute Gasteiger partial charge is 0.308 e. The van der Waals surface area contributed by atoms with Crippen molar-refractivity contribution in [3.05, 3.63) is 29.5 Å². The zero-order chi connectivity index (χ0) is 11.0. The van der Waals surface area contributed by atoms with Crippen molar-refractivity contribution in [2.45, 2.75) is 20.8 Å². The molecule has 78 valence electrons. The molecule has 0 saturated carbocycles. The first-order valence-corrected chi connectivity index (χ1v) is 4.75. The van der Waals surface area contributed by atoms with E-state index < -0.39 is 0 Å². The molecule has 0 spiro atoms. The van der Waals surface area contributed by atoms with Gasteiger partial charge in [0.25, 0.3) is 0 Å². The van der Waals surface area contributed by atoms with Gasteiger partial charge in [0.15, 0.2) is 0 Å². The van der Waals surface area contributed by atoms with Gasteiger partial charge in [0.2, 0.25) is 0 Å². The largest absolute Gasteiger partial charge is 0.461 e. The zero-order valence-electron chi connectivity index (χ0n) is 8.96. The Morgan fingerprint density at radius 2 is 2.00 bits per heavy atom. The van der Waals surface area contributed by atoms with Crippen LogP contribution in [0, 0.1) is 13.8 Å². The summed E-state index contributed by atoms with van der Waals surface area (Å²) in [4.78, 5) is 10.9. The van der Waals surface area contributed by atoms with E-state index >= 15 is 0 Å². The summed E-state index contributed by atoms with van der Waals surface area (Å²) in [6, 6.07) is 5.62. The van der Waals surface area contributed by atoms with Gasteiger partial charge < -0.3 is 9.15 Å². The Labute approximate surface area is 87.6 Å². The minimum atomic E-state index is -0.308. The van der Waals surface area contributed by atoms with Gasteiger partial charge in [-0.2, -0.15) is 0 Å². The van der Waals surface area contributed by atoms with Crippen LogP contribution in [0.25, 0.3) is 11.0 Å². The molecule has 2 aromatic rings. The summed E-state index contributed by atoms with van der Waals surface area (Å²) < 4.78 is 10.5. The number of hydrogen-bond acceptors (Lipinski definition) is 3. The number of furan rings is 1. The lowest BCUT2D eigenvalue weighted by Crippen LogP contribution is -2.02. The molecule has 1 aromatic carbocycles. The van der Waals surface area contributed by atoms with Gasteiger partial charge in [0, 0.05) is 12.3 Å². The molecule has 0 N–H and O–H groups in total. The summed E-state index contributed by atoms with van der Waals surface area (Å²) in [7, 11) is 0. The van der Waals surface area contributed by atoms with E-state index in [1.807, 2.05) is 32.0 Å². The molecule has 0 saturated heterocycles. The van der Waals surface area contributed by atoms with Crippen molar-refractivity contribution in [1.82, 2.24) is 0 Å². The van der Waals surface area contributed by atoms with Gasteiger partial charge in [-0.15, -0.1) is 0 Å². The Morgan fingerprint density at radius 1 is 1.27 bits per heavy atom. The molecule has 0 atom stereocenters. The summed E-state index contributed by atoms with van der Waals surface area (Å²) in [6.07, 6.45) is 0. The summed E-state index contributed by atoms with van der Waals surface area (Å²) in [6.45, 7) is 5.17. The van der Waals surface area contributed by atoms with Crippen LogP contribution in [0.2, 0.25) is 0 Å². The Bertz CT molecular complexity index is 523. The predicted octanol–water partition coefficient (Wildman–Crippen LogP) is 2.97. The zero-order valence-corrected chi connectivity index (χ0v) is 8.96. The third-order valence-electron chi connectivity index (χ3n) is 2.19. The predicted molar refractivity (Wildman–Crippen MR) is 57.0 cm³/mol. The molecule has 0 unspecified atom stereocenters. The molecule has 0 aliphatic heterocycles. The van der Waals surface area contributed by atoms with Crippen LogP contribution in [0.15, 0.2) is 22.6 Å². The Hall–Kier alpha value is -1.77. The molecule has 2 rings (SSSR count). The first-order chi connectivity index (χ1) is 7.06. The van der Waals surface area contributed by atoms with E-state index in [9.17, 15) is 4.79 Å². The maximum atomic E-state index is 10.9. The molecule has 3 heteroatoms. The SMILES string of the molecule is CC(=O)Oc1cc2cc(C)oc2cc1C. The maximum Gasteiger partial charge on any atom is 0.308 e. The van der Waals surface area contributed by atoms with Gasteiger partial charge in [0.1, 0.15) is 17.1 Å². The van der Waals surface area contributed by atoms with E-state index in [0.29, 0.717) is 5.75 Å². The molecule has 0 radical (unpaired) electrons. The number of aryl methyl sites for hydroxylation is 2. The number of carbonyl (C=O) groups excluding carboxylic acids is 1. The van der Waals surface area contributed by atoms with Crippen LogP contribution in [-0.4, -0.2) is 5.97 Å². The lowest BCUT2D eigenvalue weighted by atomic mass is 10.1. The van der Waals surface area contributed by atoms with Crippen LogP contribution in [0.4, 0.5) is 0 Å². The second-order valence-corrected chi connectivity index (χ2v) is 3.61. The van der Waals surface area contributed by atoms with Crippen molar-refractivity contribution in [2.24, 2.45) is 0 Å². The van der Waals surface area contributed by atoms with Crippen molar-refractivity contribution in [2.75, 3.05) is 0 Å². The van der Waals surface area contributed by atoms with Crippen LogP contribution in [0.1, 0.15) is 18.2 Å². The topological polar surface area (TPSA) is 39.4 Å². The Kier molecular flexibility index (Phi) is 2.23. The maximum absolute atomic E-state index is 10.9. The summed E-state index contributed by atoms with van der Waals surface area (Å²) in [5.74, 6) is 1.14. The third kappa shape index (κ3) is 1.86. The molecule has 0 aliphatic rings. The van der Waals surface area contributed by atoms with Gasteiger partial charge in [-0.25, -0.2) is 0 Å². The lowest BCUT2D eigenvalue weighted by molar-refractivity contribution is -0.131.